The maximum atomic E-state index is 14.9. The topological polar surface area (TPSA) is 178 Å². The minimum atomic E-state index is -4.84. The molecule has 0 spiro atoms. The van der Waals surface area contributed by atoms with Crippen LogP contribution in [-0.4, -0.2) is 72.9 Å². The van der Waals surface area contributed by atoms with Gasteiger partial charge in [-0.3, -0.25) is 14.5 Å². The molecule has 2 aliphatic rings. The van der Waals surface area contributed by atoms with Gasteiger partial charge < -0.3 is 28.4 Å². The van der Waals surface area contributed by atoms with E-state index in [2.05, 4.69) is 0 Å². The highest BCUT2D eigenvalue weighted by molar-refractivity contribution is 7.93. The van der Waals surface area contributed by atoms with Crippen molar-refractivity contribution >= 4 is 39.7 Å². The molecule has 2 amide bonds. The second kappa shape index (κ2) is 18.7. The van der Waals surface area contributed by atoms with Gasteiger partial charge in [-0.1, -0.05) is 133 Å². The summed E-state index contributed by atoms with van der Waals surface area (Å²) >= 11 is 0. The molecular weight excluding hydrogens is 819 g/mol. The van der Waals surface area contributed by atoms with Crippen molar-refractivity contribution in [3.8, 4) is 5.75 Å². The summed E-state index contributed by atoms with van der Waals surface area (Å²) < 4.78 is 61.1. The number of sulfone groups is 1. The highest BCUT2D eigenvalue weighted by Crippen LogP contribution is 2.45. The van der Waals surface area contributed by atoms with Gasteiger partial charge in [0, 0.05) is 0 Å². The van der Waals surface area contributed by atoms with Crippen LogP contribution in [0.25, 0.3) is 0 Å². The van der Waals surface area contributed by atoms with E-state index in [1.165, 1.54) is 31.4 Å². The predicted octanol–water partition coefficient (Wildman–Crippen LogP) is 6.07. The van der Waals surface area contributed by atoms with E-state index in [9.17, 15) is 32.4 Å². The van der Waals surface area contributed by atoms with E-state index in [1.807, 2.05) is 0 Å². The number of nitrogens with zero attached hydrogens (tertiary/aromatic N) is 1. The van der Waals surface area contributed by atoms with Gasteiger partial charge in [-0.05, 0) is 46.5 Å². The Bertz CT molecular complexity index is 2480. The van der Waals surface area contributed by atoms with Crippen molar-refractivity contribution in [3.63, 3.8) is 0 Å². The molecule has 0 aliphatic carbocycles. The molecule has 0 bridgehead atoms. The number of ether oxygens (including phenoxy) is 6. The van der Waals surface area contributed by atoms with E-state index >= 15 is 0 Å². The van der Waals surface area contributed by atoms with E-state index in [0.29, 0.717) is 28.0 Å². The summed E-state index contributed by atoms with van der Waals surface area (Å²) in [6, 6.07) is 38.9. The molecule has 0 radical (unpaired) electrons. The Morgan fingerprint density at radius 3 is 1.65 bits per heavy atom. The van der Waals surface area contributed by atoms with Crippen molar-refractivity contribution in [2.75, 3.05) is 7.11 Å². The average molecular weight is 860 g/mol. The normalized spacial score (nSPS) is 18.6. The third kappa shape index (κ3) is 8.71. The Morgan fingerprint density at radius 1 is 0.661 bits per heavy atom. The zero-order chi connectivity index (χ0) is 43.7. The second-order valence-corrected chi connectivity index (χ2v) is 16.6. The Hall–Kier alpha value is -7.10. The van der Waals surface area contributed by atoms with E-state index in [0.717, 1.165) is 17.1 Å². The number of methoxy groups -OCH3 is 1. The second-order valence-electron chi connectivity index (χ2n) is 14.4. The highest BCUT2D eigenvalue weighted by Gasteiger charge is 2.69. The first-order valence-corrected chi connectivity index (χ1v) is 20.9. The van der Waals surface area contributed by atoms with Crippen LogP contribution >= 0.6 is 0 Å². The van der Waals surface area contributed by atoms with Crippen LogP contribution in [0.3, 0.4) is 0 Å². The molecule has 14 nitrogen and oxygen atoms in total. The monoisotopic (exact) mass is 859 g/mol. The lowest BCUT2D eigenvalue weighted by Gasteiger charge is -2.36. The van der Waals surface area contributed by atoms with Gasteiger partial charge >= 0.3 is 23.7 Å². The van der Waals surface area contributed by atoms with Gasteiger partial charge in [0.1, 0.15) is 37.8 Å². The van der Waals surface area contributed by atoms with Crippen LogP contribution in [0.4, 0.5) is 4.79 Å². The molecule has 0 N–H and O–H groups in total. The van der Waals surface area contributed by atoms with Gasteiger partial charge in [0.25, 0.3) is 5.91 Å². The Balaban J connectivity index is 1.29. The van der Waals surface area contributed by atoms with Crippen molar-refractivity contribution in [2.24, 2.45) is 0 Å². The number of likely N-dealkylation sites (tertiary alicyclic amines) is 1. The molecule has 1 fully saturated rings. The van der Waals surface area contributed by atoms with Crippen molar-refractivity contribution in [2.45, 2.75) is 60.2 Å². The number of carbonyl (C=O) groups is 5. The van der Waals surface area contributed by atoms with Gasteiger partial charge in [-0.25, -0.2) is 22.8 Å². The number of esters is 2. The van der Waals surface area contributed by atoms with Crippen LogP contribution in [0, 0.1) is 0 Å². The first kappa shape index (κ1) is 43.0. The van der Waals surface area contributed by atoms with Crippen LogP contribution in [0.5, 0.6) is 5.75 Å². The number of hydrogen-bond donors (Lipinski definition) is 0. The summed E-state index contributed by atoms with van der Waals surface area (Å²) in [7, 11) is -3.36. The molecule has 2 unspecified atom stereocenters. The minimum Gasteiger partial charge on any atom is -0.497 e. The fourth-order valence-corrected chi connectivity index (χ4v) is 9.18. The Kier molecular flexibility index (Phi) is 12.9. The SMILES string of the molecule is COc1ccc(CN2C(=O)CC(C3C=C[C@H](C(OC(=O)OCc4ccccc4)(C(=O)OCc4ccccc4)C(=O)OCc4ccccc4)O3)(S(=O)(=O)c3ccccc3)C2=O)cc1. The van der Waals surface area contributed by atoms with Crippen molar-refractivity contribution in [1.29, 1.82) is 0 Å². The number of amides is 2. The molecule has 318 valence electrons. The maximum Gasteiger partial charge on any atom is 0.510 e. The van der Waals surface area contributed by atoms with E-state index in [1.54, 1.807) is 121 Å². The summed E-state index contributed by atoms with van der Waals surface area (Å²) in [6.07, 6.45) is -3.98. The lowest BCUT2D eigenvalue weighted by Crippen LogP contribution is -2.62. The van der Waals surface area contributed by atoms with Crippen LogP contribution in [0.2, 0.25) is 0 Å². The molecule has 5 aromatic carbocycles. The van der Waals surface area contributed by atoms with Gasteiger partial charge in [-0.2, -0.15) is 0 Å². The van der Waals surface area contributed by atoms with Crippen LogP contribution in [0.15, 0.2) is 163 Å². The van der Waals surface area contributed by atoms with Gasteiger partial charge in [0.05, 0.1) is 25.0 Å². The third-order valence-electron chi connectivity index (χ3n) is 10.4. The lowest BCUT2D eigenvalue weighted by molar-refractivity contribution is -0.203. The first-order chi connectivity index (χ1) is 30.0. The molecule has 62 heavy (non-hydrogen) atoms. The molecule has 5 aromatic rings. The smallest absolute Gasteiger partial charge is 0.497 e. The van der Waals surface area contributed by atoms with E-state index < -0.39 is 81.9 Å². The molecule has 0 aromatic heterocycles. The Morgan fingerprint density at radius 2 is 1.15 bits per heavy atom. The van der Waals surface area contributed by atoms with Gasteiger partial charge in [-0.15, -0.1) is 0 Å². The van der Waals surface area contributed by atoms with Crippen LogP contribution in [-0.2, 0) is 79.1 Å². The first-order valence-electron chi connectivity index (χ1n) is 19.4. The van der Waals surface area contributed by atoms with Crippen molar-refractivity contribution in [3.05, 3.63) is 180 Å². The minimum absolute atomic E-state index is 0.300. The fourth-order valence-electron chi connectivity index (χ4n) is 7.15. The Labute approximate surface area is 357 Å². The van der Waals surface area contributed by atoms with E-state index in [4.69, 9.17) is 28.4 Å². The zero-order valence-electron chi connectivity index (χ0n) is 33.4. The maximum absolute atomic E-state index is 14.9. The lowest BCUT2D eigenvalue weighted by atomic mass is 9.96. The standard InChI is InChI=1S/C47H41NO13S/c1-56-37-24-22-33(23-25-37)29-48-41(49)28-46(42(48)50,62(54,55)38-20-12-5-13-21-38)39-26-27-40(60-39)47(43(51)57-30-34-14-6-2-7-15-34,44(52)58-31-35-16-8-3-9-17-35)61-45(53)59-32-36-18-10-4-11-19-36/h2-27,39-40H,28-32H2,1H3/t39?,40-,46?/m1/s1. The quantitative estimate of drug-likeness (QED) is 0.0368. The van der Waals surface area contributed by atoms with Crippen molar-refractivity contribution < 1.29 is 60.8 Å². The molecule has 2 aliphatic heterocycles. The molecule has 2 heterocycles. The molecular formula is C47H41NO13S. The highest BCUT2D eigenvalue weighted by atomic mass is 32.2. The summed E-state index contributed by atoms with van der Waals surface area (Å²) in [5.41, 5.74) is -1.12. The molecule has 7 rings (SSSR count). The summed E-state index contributed by atoms with van der Waals surface area (Å²) in [5, 5.41) is 0. The molecule has 1 saturated heterocycles. The summed E-state index contributed by atoms with van der Waals surface area (Å²) in [6.45, 7) is -1.45. The van der Waals surface area contributed by atoms with E-state index in [-0.39, 0.29) is 18.0 Å². The number of rotatable bonds is 16. The molecule has 3 atom stereocenters. The largest absolute Gasteiger partial charge is 0.510 e. The van der Waals surface area contributed by atoms with Crippen LogP contribution in [0.1, 0.15) is 28.7 Å². The zero-order valence-corrected chi connectivity index (χ0v) is 34.2. The fraction of sp³-hybridized carbons (Fsp3) is 0.213. The van der Waals surface area contributed by atoms with Crippen LogP contribution < -0.4 is 4.74 Å². The summed E-state index contributed by atoms with van der Waals surface area (Å²) in [5.74, 6) is -4.35. The molecule has 0 saturated carbocycles. The molecule has 15 heteroatoms. The number of imide groups is 1. The van der Waals surface area contributed by atoms with Gasteiger partial charge in [0.15, 0.2) is 14.6 Å². The predicted molar refractivity (Wildman–Crippen MR) is 220 cm³/mol. The summed E-state index contributed by atoms with van der Waals surface area (Å²) in [4.78, 5) is 72.2. The number of benzene rings is 5. The van der Waals surface area contributed by atoms with Crippen molar-refractivity contribution in [1.82, 2.24) is 4.90 Å². The number of hydrogen-bond acceptors (Lipinski definition) is 13. The number of carbonyl (C=O) groups excluding carboxylic acids is 5. The average Bonchev–Trinajstić information content (AvgIpc) is 3.90. The third-order valence-corrected chi connectivity index (χ3v) is 12.8. The van der Waals surface area contributed by atoms with Gasteiger partial charge in [0.2, 0.25) is 5.91 Å².